The summed E-state index contributed by atoms with van der Waals surface area (Å²) in [6.45, 7) is 5.00. The molecular formula is C18H22N2O. The Balaban J connectivity index is 2.03. The fourth-order valence-corrected chi connectivity index (χ4v) is 3.23. The largest absolute Gasteiger partial charge is 0.493 e. The molecule has 0 aliphatic carbocycles. The first kappa shape index (κ1) is 14.1. The molecule has 2 aromatic rings. The second kappa shape index (κ2) is 5.88. The SMILES string of the molecule is Cc1ccc(C)c(C(NN)C2CCOc3ccccc32)c1. The van der Waals surface area contributed by atoms with Crippen LogP contribution in [0.1, 0.15) is 40.6 Å². The Morgan fingerprint density at radius 2 is 2.00 bits per heavy atom. The van der Waals surface area contributed by atoms with Crippen LogP contribution in [0.4, 0.5) is 0 Å². The van der Waals surface area contributed by atoms with Crippen LogP contribution >= 0.6 is 0 Å². The van der Waals surface area contributed by atoms with E-state index in [2.05, 4.69) is 49.6 Å². The van der Waals surface area contributed by atoms with Crippen LogP contribution in [0.2, 0.25) is 0 Å². The Bertz CT molecular complexity index is 639. The number of hydrogen-bond donors (Lipinski definition) is 2. The van der Waals surface area contributed by atoms with Crippen molar-refractivity contribution in [3.05, 3.63) is 64.7 Å². The lowest BCUT2D eigenvalue weighted by atomic mass is 9.82. The molecule has 2 aromatic carbocycles. The maximum absolute atomic E-state index is 5.92. The number of nitrogens with two attached hydrogens (primary N) is 1. The fraction of sp³-hybridized carbons (Fsp3) is 0.333. The Morgan fingerprint density at radius 3 is 2.81 bits per heavy atom. The first-order valence-electron chi connectivity index (χ1n) is 7.45. The van der Waals surface area contributed by atoms with Crippen molar-refractivity contribution in [2.45, 2.75) is 32.2 Å². The van der Waals surface area contributed by atoms with Crippen LogP contribution in [0.3, 0.4) is 0 Å². The van der Waals surface area contributed by atoms with Gasteiger partial charge in [-0.3, -0.25) is 11.3 Å². The van der Waals surface area contributed by atoms with Crippen molar-refractivity contribution < 1.29 is 4.74 Å². The first-order valence-corrected chi connectivity index (χ1v) is 7.45. The minimum Gasteiger partial charge on any atom is -0.493 e. The summed E-state index contributed by atoms with van der Waals surface area (Å²) in [4.78, 5) is 0. The third-order valence-corrected chi connectivity index (χ3v) is 4.36. The van der Waals surface area contributed by atoms with Crippen LogP contribution in [-0.2, 0) is 0 Å². The van der Waals surface area contributed by atoms with Crippen LogP contribution in [0.25, 0.3) is 0 Å². The normalized spacial score (nSPS) is 18.7. The highest BCUT2D eigenvalue weighted by Gasteiger charge is 2.30. The summed E-state index contributed by atoms with van der Waals surface area (Å²) >= 11 is 0. The predicted molar refractivity (Wildman–Crippen MR) is 85.3 cm³/mol. The zero-order valence-electron chi connectivity index (χ0n) is 12.6. The summed E-state index contributed by atoms with van der Waals surface area (Å²) in [6.07, 6.45) is 0.971. The molecule has 0 fully saturated rings. The van der Waals surface area contributed by atoms with E-state index in [1.54, 1.807) is 0 Å². The fourth-order valence-electron chi connectivity index (χ4n) is 3.23. The molecule has 0 saturated heterocycles. The number of benzene rings is 2. The number of fused-ring (bicyclic) bond motifs is 1. The Labute approximate surface area is 126 Å². The topological polar surface area (TPSA) is 47.3 Å². The molecule has 21 heavy (non-hydrogen) atoms. The lowest BCUT2D eigenvalue weighted by Crippen LogP contribution is -2.35. The molecule has 2 atom stereocenters. The monoisotopic (exact) mass is 282 g/mol. The summed E-state index contributed by atoms with van der Waals surface area (Å²) in [5.41, 5.74) is 8.09. The minimum atomic E-state index is 0.106. The van der Waals surface area contributed by atoms with Gasteiger partial charge in [-0.2, -0.15) is 0 Å². The van der Waals surface area contributed by atoms with Gasteiger partial charge in [-0.1, -0.05) is 42.0 Å². The van der Waals surface area contributed by atoms with Gasteiger partial charge < -0.3 is 4.74 Å². The summed E-state index contributed by atoms with van der Waals surface area (Å²) in [5, 5.41) is 0. The first-order chi connectivity index (χ1) is 10.2. The highest BCUT2D eigenvalue weighted by molar-refractivity contribution is 5.42. The van der Waals surface area contributed by atoms with Crippen molar-refractivity contribution in [1.82, 2.24) is 5.43 Å². The van der Waals surface area contributed by atoms with E-state index in [0.29, 0.717) is 5.92 Å². The van der Waals surface area contributed by atoms with Gasteiger partial charge in [0.1, 0.15) is 5.75 Å². The summed E-state index contributed by atoms with van der Waals surface area (Å²) in [6, 6.07) is 14.9. The highest BCUT2D eigenvalue weighted by atomic mass is 16.5. The van der Waals surface area contributed by atoms with Crippen LogP contribution in [0, 0.1) is 13.8 Å². The Hall–Kier alpha value is -1.84. The van der Waals surface area contributed by atoms with E-state index in [9.17, 15) is 0 Å². The molecule has 1 aliphatic rings. The van der Waals surface area contributed by atoms with Crippen molar-refractivity contribution >= 4 is 0 Å². The minimum absolute atomic E-state index is 0.106. The van der Waals surface area contributed by atoms with E-state index in [1.807, 2.05) is 12.1 Å². The second-order valence-electron chi connectivity index (χ2n) is 5.79. The Morgan fingerprint density at radius 1 is 1.19 bits per heavy atom. The number of para-hydroxylation sites is 1. The summed E-state index contributed by atoms with van der Waals surface area (Å²) < 4.78 is 5.77. The zero-order chi connectivity index (χ0) is 14.8. The van der Waals surface area contributed by atoms with E-state index in [-0.39, 0.29) is 6.04 Å². The van der Waals surface area contributed by atoms with E-state index in [4.69, 9.17) is 10.6 Å². The predicted octanol–water partition coefficient (Wildman–Crippen LogP) is 3.37. The third kappa shape index (κ3) is 2.67. The van der Waals surface area contributed by atoms with Crippen molar-refractivity contribution in [2.24, 2.45) is 5.84 Å². The quantitative estimate of drug-likeness (QED) is 0.670. The van der Waals surface area contributed by atoms with Gasteiger partial charge in [0, 0.05) is 5.92 Å². The number of rotatable bonds is 3. The molecule has 110 valence electrons. The van der Waals surface area contributed by atoms with Gasteiger partial charge in [0.2, 0.25) is 0 Å². The van der Waals surface area contributed by atoms with Gasteiger partial charge >= 0.3 is 0 Å². The standard InChI is InChI=1S/C18H22N2O/c1-12-7-8-13(2)16(11-12)18(20-19)15-9-10-21-17-6-4-3-5-14(15)17/h3-8,11,15,18,20H,9-10,19H2,1-2H3. The van der Waals surface area contributed by atoms with Gasteiger partial charge in [0.05, 0.1) is 12.6 Å². The molecule has 0 saturated carbocycles. The molecule has 0 amide bonds. The Kier molecular flexibility index (Phi) is 3.95. The van der Waals surface area contributed by atoms with Crippen molar-refractivity contribution in [2.75, 3.05) is 6.61 Å². The van der Waals surface area contributed by atoms with Crippen molar-refractivity contribution in [3.63, 3.8) is 0 Å². The highest BCUT2D eigenvalue weighted by Crippen LogP contribution is 2.41. The van der Waals surface area contributed by atoms with Gasteiger partial charge in [-0.25, -0.2) is 0 Å². The number of nitrogens with one attached hydrogen (secondary N) is 1. The van der Waals surface area contributed by atoms with Gasteiger partial charge in [0.15, 0.2) is 0 Å². The van der Waals surface area contributed by atoms with Gasteiger partial charge in [-0.15, -0.1) is 0 Å². The molecule has 3 nitrogen and oxygen atoms in total. The third-order valence-electron chi connectivity index (χ3n) is 4.36. The molecule has 0 spiro atoms. The van der Waals surface area contributed by atoms with Gasteiger partial charge in [-0.05, 0) is 43.0 Å². The maximum atomic E-state index is 5.92. The molecule has 3 rings (SSSR count). The summed E-state index contributed by atoms with van der Waals surface area (Å²) in [5.74, 6) is 7.24. The van der Waals surface area contributed by atoms with E-state index in [1.165, 1.54) is 22.3 Å². The van der Waals surface area contributed by atoms with E-state index in [0.717, 1.165) is 18.8 Å². The lowest BCUT2D eigenvalue weighted by Gasteiger charge is -2.33. The molecule has 3 N–H and O–H groups in total. The van der Waals surface area contributed by atoms with Crippen LogP contribution < -0.4 is 16.0 Å². The number of aryl methyl sites for hydroxylation is 2. The van der Waals surface area contributed by atoms with Crippen LogP contribution in [-0.4, -0.2) is 6.61 Å². The van der Waals surface area contributed by atoms with Gasteiger partial charge in [0.25, 0.3) is 0 Å². The number of hydrogen-bond acceptors (Lipinski definition) is 3. The van der Waals surface area contributed by atoms with E-state index < -0.39 is 0 Å². The van der Waals surface area contributed by atoms with Crippen LogP contribution in [0.5, 0.6) is 5.75 Å². The van der Waals surface area contributed by atoms with Crippen molar-refractivity contribution in [1.29, 1.82) is 0 Å². The molecule has 2 unspecified atom stereocenters. The molecule has 0 radical (unpaired) electrons. The average molecular weight is 282 g/mol. The molecule has 0 bridgehead atoms. The molecule has 1 aliphatic heterocycles. The molecule has 0 aromatic heterocycles. The molecule has 1 heterocycles. The summed E-state index contributed by atoms with van der Waals surface area (Å²) in [7, 11) is 0. The average Bonchev–Trinajstić information content (AvgIpc) is 2.51. The maximum Gasteiger partial charge on any atom is 0.122 e. The number of hydrazine groups is 1. The van der Waals surface area contributed by atoms with Crippen LogP contribution in [0.15, 0.2) is 42.5 Å². The smallest absolute Gasteiger partial charge is 0.122 e. The zero-order valence-corrected chi connectivity index (χ0v) is 12.6. The number of ether oxygens (including phenoxy) is 1. The van der Waals surface area contributed by atoms with E-state index >= 15 is 0 Å². The lowest BCUT2D eigenvalue weighted by molar-refractivity contribution is 0.246. The molecule has 3 heteroatoms. The second-order valence-corrected chi connectivity index (χ2v) is 5.79. The van der Waals surface area contributed by atoms with Crippen molar-refractivity contribution in [3.8, 4) is 5.75 Å². The molecular weight excluding hydrogens is 260 g/mol.